The topological polar surface area (TPSA) is 276 Å². The molecular formula is C28H39N7O9. The van der Waals surface area contributed by atoms with Crippen molar-refractivity contribution in [3.8, 4) is 0 Å². The third-order valence-corrected chi connectivity index (χ3v) is 6.71. The van der Waals surface area contributed by atoms with E-state index in [1.54, 1.807) is 26.1 Å². The highest BCUT2D eigenvalue weighted by Crippen LogP contribution is 2.19. The molecular weight excluding hydrogens is 578 g/mol. The van der Waals surface area contributed by atoms with Crippen LogP contribution in [0.1, 0.15) is 45.1 Å². The maximum absolute atomic E-state index is 13.5. The Kier molecular flexibility index (Phi) is 13.3. The monoisotopic (exact) mass is 617 g/mol. The highest BCUT2D eigenvalue weighted by Gasteiger charge is 2.32. The van der Waals surface area contributed by atoms with Gasteiger partial charge >= 0.3 is 11.9 Å². The van der Waals surface area contributed by atoms with Gasteiger partial charge in [0.2, 0.25) is 29.5 Å². The Balaban J connectivity index is 2.24. The van der Waals surface area contributed by atoms with Crippen LogP contribution in [0.25, 0.3) is 10.9 Å². The summed E-state index contributed by atoms with van der Waals surface area (Å²) in [7, 11) is 0. The number of benzene rings is 1. The van der Waals surface area contributed by atoms with Gasteiger partial charge in [-0.25, -0.2) is 0 Å². The number of primary amides is 1. The quantitative estimate of drug-likeness (QED) is 0.0931. The molecule has 1 aromatic carbocycles. The van der Waals surface area contributed by atoms with Gasteiger partial charge in [0.05, 0.1) is 6.04 Å². The molecule has 0 aliphatic carbocycles. The number of amides is 5. The molecule has 240 valence electrons. The van der Waals surface area contributed by atoms with Crippen molar-refractivity contribution in [3.05, 3.63) is 36.0 Å². The summed E-state index contributed by atoms with van der Waals surface area (Å²) in [6.45, 7) is 2.55. The molecule has 0 unspecified atom stereocenters. The van der Waals surface area contributed by atoms with E-state index < -0.39 is 84.5 Å². The van der Waals surface area contributed by atoms with Gasteiger partial charge in [0.1, 0.15) is 24.7 Å². The molecule has 2 aromatic rings. The van der Waals surface area contributed by atoms with Crippen molar-refractivity contribution in [1.29, 1.82) is 0 Å². The van der Waals surface area contributed by atoms with Gasteiger partial charge in [0.25, 0.3) is 0 Å². The molecule has 0 spiro atoms. The predicted molar refractivity (Wildman–Crippen MR) is 157 cm³/mol. The van der Waals surface area contributed by atoms with Crippen LogP contribution in [-0.2, 0) is 40.0 Å². The van der Waals surface area contributed by atoms with E-state index in [0.29, 0.717) is 5.56 Å². The van der Waals surface area contributed by atoms with E-state index in [2.05, 4.69) is 26.3 Å². The fourth-order valence-corrected chi connectivity index (χ4v) is 4.31. The maximum atomic E-state index is 13.5. The van der Waals surface area contributed by atoms with Crippen molar-refractivity contribution in [3.63, 3.8) is 0 Å². The van der Waals surface area contributed by atoms with Gasteiger partial charge in [0, 0.05) is 36.4 Å². The van der Waals surface area contributed by atoms with Gasteiger partial charge < -0.3 is 47.9 Å². The van der Waals surface area contributed by atoms with E-state index in [-0.39, 0.29) is 25.7 Å². The van der Waals surface area contributed by atoms with Crippen LogP contribution in [0.5, 0.6) is 0 Å². The average Bonchev–Trinajstić information content (AvgIpc) is 3.36. The van der Waals surface area contributed by atoms with Crippen LogP contribution >= 0.6 is 0 Å². The number of carbonyl (C=O) groups is 7. The zero-order chi connectivity index (χ0) is 33.0. The standard InChI is InChI=1S/C28H39N7O9/c1-14(2)24(35-27(43)19(8-10-22(37)38)33-25(41)17(29)7-9-21(30)36)28(44)34-20(26(42)32-13-23(39)40)11-15-12-31-18-6-4-3-5-16(15)18/h3-6,12,14,17,19-20,24,31H,7-11,13,29H2,1-2H3,(H2,30,36)(H,32,42)(H,33,41)(H,34,44)(H,35,43)(H,37,38)(H,39,40)/t17-,19-,20-,24-/m0/s1. The summed E-state index contributed by atoms with van der Waals surface area (Å²) < 4.78 is 0. The van der Waals surface area contributed by atoms with E-state index in [1.807, 2.05) is 18.2 Å². The van der Waals surface area contributed by atoms with Crippen LogP contribution in [0.2, 0.25) is 0 Å². The molecule has 44 heavy (non-hydrogen) atoms. The molecule has 0 aliphatic heterocycles. The normalized spacial score (nSPS) is 13.7. The summed E-state index contributed by atoms with van der Waals surface area (Å²) in [6.07, 6.45) is 0.538. The van der Waals surface area contributed by atoms with Crippen LogP contribution in [0.4, 0.5) is 0 Å². The lowest BCUT2D eigenvalue weighted by molar-refractivity contribution is -0.139. The SMILES string of the molecule is CC(C)[C@H](NC(=O)[C@H](CCC(=O)O)NC(=O)[C@@H](N)CCC(N)=O)C(=O)N[C@@H](Cc1c[nH]c2ccccc12)C(=O)NCC(=O)O. The third-order valence-electron chi connectivity index (χ3n) is 6.71. The summed E-state index contributed by atoms with van der Waals surface area (Å²) >= 11 is 0. The molecule has 16 nitrogen and oxygen atoms in total. The largest absolute Gasteiger partial charge is 0.481 e. The van der Waals surface area contributed by atoms with E-state index in [1.165, 1.54) is 0 Å². The Bertz CT molecular complexity index is 1370. The summed E-state index contributed by atoms with van der Waals surface area (Å²) in [5, 5.41) is 28.7. The number of hydrogen-bond acceptors (Lipinski definition) is 8. The average molecular weight is 618 g/mol. The van der Waals surface area contributed by atoms with Crippen LogP contribution in [0.15, 0.2) is 30.5 Å². The fraction of sp³-hybridized carbons (Fsp3) is 0.464. The number of carboxylic acid groups (broad SMARTS) is 2. The molecule has 11 N–H and O–H groups in total. The van der Waals surface area contributed by atoms with Crippen LogP contribution < -0.4 is 32.7 Å². The van der Waals surface area contributed by atoms with Crippen molar-refractivity contribution < 1.29 is 43.8 Å². The Morgan fingerprint density at radius 3 is 2.09 bits per heavy atom. The van der Waals surface area contributed by atoms with E-state index in [9.17, 15) is 33.6 Å². The molecule has 0 aliphatic rings. The highest BCUT2D eigenvalue weighted by molar-refractivity contribution is 5.96. The minimum Gasteiger partial charge on any atom is -0.481 e. The minimum atomic E-state index is -1.40. The Morgan fingerprint density at radius 1 is 0.818 bits per heavy atom. The van der Waals surface area contributed by atoms with Gasteiger partial charge in [-0.05, 0) is 30.4 Å². The van der Waals surface area contributed by atoms with E-state index >= 15 is 0 Å². The number of hydrogen-bond donors (Lipinski definition) is 9. The summed E-state index contributed by atoms with van der Waals surface area (Å²) in [5.41, 5.74) is 12.3. The van der Waals surface area contributed by atoms with Crippen LogP contribution in [0.3, 0.4) is 0 Å². The number of nitrogens with two attached hydrogens (primary N) is 2. The molecule has 4 atom stereocenters. The lowest BCUT2D eigenvalue weighted by Gasteiger charge is -2.27. The molecule has 5 amide bonds. The first kappa shape index (κ1) is 35.2. The van der Waals surface area contributed by atoms with Crippen molar-refractivity contribution in [2.75, 3.05) is 6.54 Å². The van der Waals surface area contributed by atoms with Gasteiger partial charge in [-0.3, -0.25) is 33.6 Å². The molecule has 0 saturated heterocycles. The predicted octanol–water partition coefficient (Wildman–Crippen LogP) is -1.52. The van der Waals surface area contributed by atoms with Crippen molar-refractivity contribution in [2.24, 2.45) is 17.4 Å². The second kappa shape index (κ2) is 16.6. The third kappa shape index (κ3) is 11.0. The van der Waals surface area contributed by atoms with Gasteiger partial charge in [-0.15, -0.1) is 0 Å². The fourth-order valence-electron chi connectivity index (χ4n) is 4.31. The second-order valence-electron chi connectivity index (χ2n) is 10.6. The number of H-pyrrole nitrogens is 1. The number of fused-ring (bicyclic) bond motifs is 1. The number of rotatable bonds is 18. The van der Waals surface area contributed by atoms with Crippen LogP contribution in [-0.4, -0.2) is 87.4 Å². The summed E-state index contributed by atoms with van der Waals surface area (Å²) in [5.74, 6) is -6.98. The molecule has 0 saturated carbocycles. The van der Waals surface area contributed by atoms with Gasteiger partial charge in [-0.1, -0.05) is 32.0 Å². The molecule has 16 heteroatoms. The Morgan fingerprint density at radius 2 is 1.48 bits per heavy atom. The van der Waals surface area contributed by atoms with Gasteiger partial charge in [0.15, 0.2) is 0 Å². The lowest BCUT2D eigenvalue weighted by atomic mass is 9.99. The van der Waals surface area contributed by atoms with E-state index in [4.69, 9.17) is 21.7 Å². The summed E-state index contributed by atoms with van der Waals surface area (Å²) in [6, 6.07) is 2.18. The number of aromatic amines is 1. The van der Waals surface area contributed by atoms with Crippen LogP contribution in [0, 0.1) is 5.92 Å². The molecule has 0 fully saturated rings. The lowest BCUT2D eigenvalue weighted by Crippen LogP contribution is -2.59. The summed E-state index contributed by atoms with van der Waals surface area (Å²) in [4.78, 5) is 88.6. The zero-order valence-corrected chi connectivity index (χ0v) is 24.4. The minimum absolute atomic E-state index is 0.0134. The number of nitrogens with one attached hydrogen (secondary N) is 5. The maximum Gasteiger partial charge on any atom is 0.322 e. The number of aliphatic carboxylic acids is 2. The van der Waals surface area contributed by atoms with Gasteiger partial charge in [-0.2, -0.15) is 0 Å². The van der Waals surface area contributed by atoms with Crippen molar-refractivity contribution in [2.45, 2.75) is 70.1 Å². The number of carbonyl (C=O) groups excluding carboxylic acids is 5. The Labute approximate surface area is 252 Å². The molecule has 1 heterocycles. The number of carboxylic acids is 2. The molecule has 2 rings (SSSR count). The highest BCUT2D eigenvalue weighted by atomic mass is 16.4. The number of para-hydroxylation sites is 1. The Hall–Kier alpha value is -4.99. The first-order valence-corrected chi connectivity index (χ1v) is 13.9. The second-order valence-corrected chi connectivity index (χ2v) is 10.6. The smallest absolute Gasteiger partial charge is 0.322 e. The zero-order valence-electron chi connectivity index (χ0n) is 24.4. The molecule has 0 radical (unpaired) electrons. The molecule has 0 bridgehead atoms. The van der Waals surface area contributed by atoms with Crippen molar-refractivity contribution >= 4 is 52.4 Å². The number of aromatic nitrogens is 1. The van der Waals surface area contributed by atoms with E-state index in [0.717, 1.165) is 10.9 Å². The van der Waals surface area contributed by atoms with Crippen molar-refractivity contribution in [1.82, 2.24) is 26.3 Å². The first-order valence-electron chi connectivity index (χ1n) is 13.9. The first-order chi connectivity index (χ1) is 20.7. The molecule has 1 aromatic heterocycles.